The van der Waals surface area contributed by atoms with Crippen molar-refractivity contribution in [3.63, 3.8) is 0 Å². The third-order valence-electron chi connectivity index (χ3n) is 6.85. The van der Waals surface area contributed by atoms with Crippen LogP contribution in [0.25, 0.3) is 5.76 Å². The largest absolute Gasteiger partial charge is 0.507 e. The van der Waals surface area contributed by atoms with Crippen molar-refractivity contribution in [3.05, 3.63) is 59.4 Å². The number of unbranched alkanes of at least 4 members (excludes halogenated alkanes) is 2. The average Bonchev–Trinajstić information content (AvgIpc) is 3.19. The molecular weight excluding hydrogens is 482 g/mol. The molecule has 3 rings (SSSR count). The lowest BCUT2D eigenvalue weighted by atomic mass is 9.95. The average molecular weight is 524 g/mol. The van der Waals surface area contributed by atoms with Gasteiger partial charge in [0.1, 0.15) is 5.76 Å². The van der Waals surface area contributed by atoms with Gasteiger partial charge in [-0.25, -0.2) is 0 Å². The highest BCUT2D eigenvalue weighted by Crippen LogP contribution is 2.42. The zero-order valence-corrected chi connectivity index (χ0v) is 23.1. The minimum Gasteiger partial charge on any atom is -0.507 e. The lowest BCUT2D eigenvalue weighted by Crippen LogP contribution is -2.33. The molecule has 8 heteroatoms. The number of carbonyl (C=O) groups excluding carboxylic acids is 2. The number of hydrogen-bond donors (Lipinski definition) is 1. The number of nitrogens with zero attached hydrogens (tertiary/aromatic N) is 3. The third-order valence-corrected chi connectivity index (χ3v) is 6.85. The Morgan fingerprint density at radius 2 is 1.71 bits per heavy atom. The van der Waals surface area contributed by atoms with Crippen LogP contribution in [-0.4, -0.2) is 71.0 Å². The van der Waals surface area contributed by atoms with Crippen LogP contribution in [0.3, 0.4) is 0 Å². The maximum absolute atomic E-state index is 13.3. The molecule has 1 N–H and O–H groups in total. The van der Waals surface area contributed by atoms with E-state index in [1.54, 1.807) is 29.4 Å². The van der Waals surface area contributed by atoms with Crippen LogP contribution in [0.15, 0.2) is 48.3 Å². The molecule has 1 saturated heterocycles. The molecule has 0 bridgehead atoms. The summed E-state index contributed by atoms with van der Waals surface area (Å²) in [6, 6.07) is 8.01. The monoisotopic (exact) mass is 523 g/mol. The van der Waals surface area contributed by atoms with Gasteiger partial charge in [-0.15, -0.1) is 0 Å². The number of aromatic nitrogens is 1. The van der Waals surface area contributed by atoms with Gasteiger partial charge in [-0.05, 0) is 69.2 Å². The van der Waals surface area contributed by atoms with Crippen LogP contribution < -0.4 is 9.47 Å². The molecule has 1 atom stereocenters. The minimum absolute atomic E-state index is 0.0723. The van der Waals surface area contributed by atoms with Crippen LogP contribution in [0.5, 0.6) is 11.5 Å². The summed E-state index contributed by atoms with van der Waals surface area (Å²) >= 11 is 0. The predicted octanol–water partition coefficient (Wildman–Crippen LogP) is 5.20. The molecule has 1 fully saturated rings. The predicted molar refractivity (Wildman–Crippen MR) is 148 cm³/mol. The molecule has 2 aromatic rings. The summed E-state index contributed by atoms with van der Waals surface area (Å²) in [5.74, 6) is -0.327. The lowest BCUT2D eigenvalue weighted by molar-refractivity contribution is -0.140. The van der Waals surface area contributed by atoms with Crippen molar-refractivity contribution in [3.8, 4) is 11.5 Å². The number of likely N-dealkylation sites (tertiary alicyclic amines) is 1. The van der Waals surface area contributed by atoms with E-state index < -0.39 is 17.7 Å². The molecule has 1 aromatic heterocycles. The van der Waals surface area contributed by atoms with Crippen LogP contribution in [0.1, 0.15) is 70.5 Å². The molecule has 0 aliphatic carbocycles. The van der Waals surface area contributed by atoms with Crippen molar-refractivity contribution in [2.24, 2.45) is 0 Å². The fourth-order valence-corrected chi connectivity index (χ4v) is 4.74. The fraction of sp³-hybridized carbons (Fsp3) is 0.500. The van der Waals surface area contributed by atoms with E-state index in [-0.39, 0.29) is 11.3 Å². The molecule has 1 aliphatic rings. The molecule has 1 aliphatic heterocycles. The SMILES string of the molecule is CCCCCOc1ccc(C2C(=C(O)c3ccncc3)C(=O)C(=O)N2CCCN(CC)CC)cc1OCC. The Bertz CT molecular complexity index is 1100. The summed E-state index contributed by atoms with van der Waals surface area (Å²) < 4.78 is 11.9. The fourth-order valence-electron chi connectivity index (χ4n) is 4.74. The summed E-state index contributed by atoms with van der Waals surface area (Å²) in [6.45, 7) is 12.3. The van der Waals surface area contributed by atoms with E-state index in [9.17, 15) is 14.7 Å². The standard InChI is InChI=1S/C30H41N3O5/c1-5-9-10-20-38-24-13-12-23(21-25(24)37-8-4)27-26(28(34)22-14-16-31-17-15-22)29(35)30(36)33(27)19-11-18-32(6-2)7-3/h12-17,21,27,34H,5-11,18-20H2,1-4H3. The van der Waals surface area contributed by atoms with Gasteiger partial charge in [0.2, 0.25) is 0 Å². The zero-order valence-electron chi connectivity index (χ0n) is 23.1. The summed E-state index contributed by atoms with van der Waals surface area (Å²) in [5, 5.41) is 11.2. The Hall–Kier alpha value is -3.39. The van der Waals surface area contributed by atoms with E-state index in [1.165, 1.54) is 0 Å². The van der Waals surface area contributed by atoms with E-state index in [1.807, 2.05) is 25.1 Å². The number of ketones is 1. The van der Waals surface area contributed by atoms with E-state index in [0.29, 0.717) is 48.8 Å². The molecular formula is C30H41N3O5. The first-order chi connectivity index (χ1) is 18.5. The highest BCUT2D eigenvalue weighted by atomic mass is 16.5. The molecule has 38 heavy (non-hydrogen) atoms. The Balaban J connectivity index is 2.02. The molecule has 0 saturated carbocycles. The van der Waals surface area contributed by atoms with Gasteiger partial charge in [0, 0.05) is 24.5 Å². The quantitative estimate of drug-likeness (QED) is 0.148. The van der Waals surface area contributed by atoms with Gasteiger partial charge in [-0.2, -0.15) is 0 Å². The number of carbonyl (C=O) groups is 2. The molecule has 2 heterocycles. The topological polar surface area (TPSA) is 92.2 Å². The first kappa shape index (κ1) is 29.2. The van der Waals surface area contributed by atoms with Crippen LogP contribution in [0.2, 0.25) is 0 Å². The lowest BCUT2D eigenvalue weighted by Gasteiger charge is -2.27. The van der Waals surface area contributed by atoms with Crippen molar-refractivity contribution in [1.82, 2.24) is 14.8 Å². The van der Waals surface area contributed by atoms with Crippen molar-refractivity contribution >= 4 is 17.4 Å². The van der Waals surface area contributed by atoms with Crippen LogP contribution in [0, 0.1) is 0 Å². The summed E-state index contributed by atoms with van der Waals surface area (Å²) in [7, 11) is 0. The number of benzene rings is 1. The van der Waals surface area contributed by atoms with E-state index >= 15 is 0 Å². The summed E-state index contributed by atoms with van der Waals surface area (Å²) in [5.41, 5.74) is 1.20. The minimum atomic E-state index is -0.742. The van der Waals surface area contributed by atoms with Crippen molar-refractivity contribution in [2.45, 2.75) is 59.4 Å². The van der Waals surface area contributed by atoms with Crippen LogP contribution in [-0.2, 0) is 9.59 Å². The Kier molecular flexibility index (Phi) is 11.1. The van der Waals surface area contributed by atoms with Gasteiger partial charge >= 0.3 is 0 Å². The molecule has 206 valence electrons. The Morgan fingerprint density at radius 1 is 0.974 bits per heavy atom. The number of aliphatic hydroxyl groups is 1. The van der Waals surface area contributed by atoms with Gasteiger partial charge in [-0.3, -0.25) is 14.6 Å². The summed E-state index contributed by atoms with van der Waals surface area (Å²) in [6.07, 6.45) is 6.92. The van der Waals surface area contributed by atoms with Gasteiger partial charge in [-0.1, -0.05) is 39.7 Å². The number of Topliss-reactive ketones (excluding diaryl/α,β-unsaturated/α-hetero) is 1. The Morgan fingerprint density at radius 3 is 2.37 bits per heavy atom. The van der Waals surface area contributed by atoms with E-state index in [0.717, 1.165) is 38.9 Å². The van der Waals surface area contributed by atoms with E-state index in [2.05, 4.69) is 30.7 Å². The van der Waals surface area contributed by atoms with Crippen molar-refractivity contribution < 1.29 is 24.2 Å². The Labute approximate surface area is 226 Å². The molecule has 1 aromatic carbocycles. The number of hydrogen-bond acceptors (Lipinski definition) is 7. The summed E-state index contributed by atoms with van der Waals surface area (Å²) in [4.78, 5) is 34.4. The normalized spacial score (nSPS) is 16.9. The maximum Gasteiger partial charge on any atom is 0.295 e. The third kappa shape index (κ3) is 6.92. The van der Waals surface area contributed by atoms with Gasteiger partial charge in [0.15, 0.2) is 11.5 Å². The van der Waals surface area contributed by atoms with Gasteiger partial charge in [0.05, 0.1) is 24.8 Å². The maximum atomic E-state index is 13.3. The van der Waals surface area contributed by atoms with Crippen LogP contribution in [0.4, 0.5) is 0 Å². The first-order valence-electron chi connectivity index (χ1n) is 13.8. The number of amides is 1. The number of aliphatic hydroxyl groups excluding tert-OH is 1. The van der Waals surface area contributed by atoms with Crippen LogP contribution >= 0.6 is 0 Å². The molecule has 8 nitrogen and oxygen atoms in total. The first-order valence-corrected chi connectivity index (χ1v) is 13.8. The second-order valence-electron chi connectivity index (χ2n) is 9.30. The molecule has 0 radical (unpaired) electrons. The smallest absolute Gasteiger partial charge is 0.295 e. The number of ether oxygens (including phenoxy) is 2. The molecule has 0 spiro atoms. The zero-order chi connectivity index (χ0) is 27.5. The van der Waals surface area contributed by atoms with Crippen molar-refractivity contribution in [1.29, 1.82) is 0 Å². The highest BCUT2D eigenvalue weighted by Gasteiger charge is 2.46. The van der Waals surface area contributed by atoms with Crippen molar-refractivity contribution in [2.75, 3.05) is 39.4 Å². The second-order valence-corrected chi connectivity index (χ2v) is 9.30. The highest BCUT2D eigenvalue weighted by molar-refractivity contribution is 6.46. The second kappa shape index (κ2) is 14.5. The van der Waals surface area contributed by atoms with Gasteiger partial charge in [0.25, 0.3) is 11.7 Å². The number of pyridine rings is 1. The molecule has 1 unspecified atom stereocenters. The number of rotatable bonds is 15. The van der Waals surface area contributed by atoms with E-state index in [4.69, 9.17) is 9.47 Å². The molecule has 1 amide bonds. The van der Waals surface area contributed by atoms with Gasteiger partial charge < -0.3 is 24.4 Å².